The molecule has 2 amide bonds. The standard InChI is InChI=1S/C24H21N5O4/c30-22(26-13-11-18-9-4-5-12-25-18)19-10-6-14-29-21(19)27-15-20(23(29)31)28-24(32)33-16-17-7-2-1-3-8-17/h1-10,12,14-15H,11,13,16H2,(H,26,30)(H,28,32). The molecule has 0 fully saturated rings. The fourth-order valence-electron chi connectivity index (χ4n) is 3.18. The number of amides is 2. The van der Waals surface area contributed by atoms with E-state index in [-0.39, 0.29) is 29.4 Å². The normalized spacial score (nSPS) is 10.5. The summed E-state index contributed by atoms with van der Waals surface area (Å²) in [6.07, 6.45) is 4.19. The lowest BCUT2D eigenvalue weighted by Crippen LogP contribution is -2.28. The van der Waals surface area contributed by atoms with Crippen LogP contribution in [0, 0.1) is 0 Å². The number of aromatic nitrogens is 3. The zero-order valence-electron chi connectivity index (χ0n) is 17.6. The Morgan fingerprint density at radius 2 is 1.79 bits per heavy atom. The molecule has 4 rings (SSSR count). The molecule has 0 aliphatic heterocycles. The van der Waals surface area contributed by atoms with Crippen molar-refractivity contribution in [1.29, 1.82) is 0 Å². The van der Waals surface area contributed by atoms with Crippen LogP contribution in [0.3, 0.4) is 0 Å². The molecular formula is C24H21N5O4. The summed E-state index contributed by atoms with van der Waals surface area (Å²) in [6.45, 7) is 0.450. The van der Waals surface area contributed by atoms with E-state index in [2.05, 4.69) is 20.6 Å². The molecule has 0 saturated carbocycles. The number of carbonyl (C=O) groups is 2. The van der Waals surface area contributed by atoms with Gasteiger partial charge in [0, 0.05) is 31.1 Å². The maximum atomic E-state index is 12.8. The van der Waals surface area contributed by atoms with Gasteiger partial charge in [0.1, 0.15) is 12.3 Å². The van der Waals surface area contributed by atoms with E-state index in [1.165, 1.54) is 16.8 Å². The first kappa shape index (κ1) is 21.7. The molecule has 0 radical (unpaired) electrons. The number of carbonyl (C=O) groups excluding carboxylic acids is 2. The molecule has 33 heavy (non-hydrogen) atoms. The molecule has 9 nitrogen and oxygen atoms in total. The van der Waals surface area contributed by atoms with Gasteiger partial charge in [0.25, 0.3) is 11.5 Å². The molecule has 0 unspecified atom stereocenters. The largest absolute Gasteiger partial charge is 0.444 e. The minimum absolute atomic E-state index is 0.0572. The Morgan fingerprint density at radius 3 is 2.58 bits per heavy atom. The van der Waals surface area contributed by atoms with Crippen LogP contribution in [0.2, 0.25) is 0 Å². The second-order valence-corrected chi connectivity index (χ2v) is 7.11. The smallest absolute Gasteiger partial charge is 0.412 e. The first-order valence-electron chi connectivity index (χ1n) is 10.3. The number of benzene rings is 1. The summed E-state index contributed by atoms with van der Waals surface area (Å²) < 4.78 is 6.36. The monoisotopic (exact) mass is 443 g/mol. The number of ether oxygens (including phenoxy) is 1. The summed E-state index contributed by atoms with van der Waals surface area (Å²) in [7, 11) is 0. The number of hydrogen-bond acceptors (Lipinski definition) is 6. The average molecular weight is 443 g/mol. The van der Waals surface area contributed by atoms with Crippen LogP contribution in [0.1, 0.15) is 21.6 Å². The Morgan fingerprint density at radius 1 is 0.970 bits per heavy atom. The summed E-state index contributed by atoms with van der Waals surface area (Å²) in [5.74, 6) is -0.362. The lowest BCUT2D eigenvalue weighted by Gasteiger charge is -2.10. The first-order chi connectivity index (χ1) is 16.1. The van der Waals surface area contributed by atoms with Crippen molar-refractivity contribution in [1.82, 2.24) is 19.7 Å². The van der Waals surface area contributed by atoms with Gasteiger partial charge >= 0.3 is 6.09 Å². The van der Waals surface area contributed by atoms with Crippen LogP contribution in [0.15, 0.2) is 84.0 Å². The number of rotatable bonds is 7. The van der Waals surface area contributed by atoms with Crippen LogP contribution in [-0.2, 0) is 17.8 Å². The zero-order valence-corrected chi connectivity index (χ0v) is 17.6. The molecule has 0 aliphatic rings. The molecule has 0 spiro atoms. The molecule has 9 heteroatoms. The summed E-state index contributed by atoms with van der Waals surface area (Å²) in [6, 6.07) is 17.9. The fraction of sp³-hybridized carbons (Fsp3) is 0.125. The summed E-state index contributed by atoms with van der Waals surface area (Å²) in [5.41, 5.74) is 1.52. The summed E-state index contributed by atoms with van der Waals surface area (Å²) in [5, 5.41) is 5.22. The molecule has 2 N–H and O–H groups in total. The van der Waals surface area contributed by atoms with Crippen molar-refractivity contribution >= 4 is 23.3 Å². The van der Waals surface area contributed by atoms with Crippen LogP contribution in [0.25, 0.3) is 5.65 Å². The molecule has 166 valence electrons. The number of anilines is 1. The molecule has 0 aliphatic carbocycles. The van der Waals surface area contributed by atoms with Gasteiger partial charge in [-0.1, -0.05) is 36.4 Å². The van der Waals surface area contributed by atoms with Gasteiger partial charge in [0.15, 0.2) is 5.65 Å². The van der Waals surface area contributed by atoms with Crippen molar-refractivity contribution < 1.29 is 14.3 Å². The summed E-state index contributed by atoms with van der Waals surface area (Å²) in [4.78, 5) is 46.0. The topological polar surface area (TPSA) is 115 Å². The van der Waals surface area contributed by atoms with Crippen molar-refractivity contribution in [3.05, 3.63) is 106 Å². The van der Waals surface area contributed by atoms with Crippen LogP contribution in [-0.4, -0.2) is 32.9 Å². The van der Waals surface area contributed by atoms with Crippen molar-refractivity contribution in [2.24, 2.45) is 0 Å². The molecule has 0 bridgehead atoms. The van der Waals surface area contributed by atoms with Crippen LogP contribution >= 0.6 is 0 Å². The quantitative estimate of drug-likeness (QED) is 0.454. The van der Waals surface area contributed by atoms with Gasteiger partial charge in [-0.2, -0.15) is 0 Å². The third kappa shape index (κ3) is 5.40. The molecule has 4 aromatic rings. The molecule has 1 aromatic carbocycles. The molecule has 0 atom stereocenters. The highest BCUT2D eigenvalue weighted by Crippen LogP contribution is 2.10. The van der Waals surface area contributed by atoms with Crippen LogP contribution in [0.4, 0.5) is 10.5 Å². The van der Waals surface area contributed by atoms with Gasteiger partial charge < -0.3 is 10.1 Å². The first-order valence-corrected chi connectivity index (χ1v) is 10.3. The van der Waals surface area contributed by atoms with Gasteiger partial charge in [0.2, 0.25) is 0 Å². The molecular weight excluding hydrogens is 422 g/mol. The third-order valence-electron chi connectivity index (χ3n) is 4.82. The highest BCUT2D eigenvalue weighted by Gasteiger charge is 2.15. The van der Waals surface area contributed by atoms with E-state index in [1.54, 1.807) is 18.3 Å². The third-order valence-corrected chi connectivity index (χ3v) is 4.82. The van der Waals surface area contributed by atoms with Crippen LogP contribution in [0.5, 0.6) is 0 Å². The lowest BCUT2D eigenvalue weighted by molar-refractivity contribution is 0.0955. The minimum atomic E-state index is -0.777. The Labute approximate surface area is 189 Å². The number of hydrogen-bond donors (Lipinski definition) is 2. The molecule has 0 saturated heterocycles. The van der Waals surface area contributed by atoms with Gasteiger partial charge in [-0.15, -0.1) is 0 Å². The van der Waals surface area contributed by atoms with Gasteiger partial charge in [-0.25, -0.2) is 9.78 Å². The molecule has 3 heterocycles. The van der Waals surface area contributed by atoms with Crippen molar-refractivity contribution in [3.8, 4) is 0 Å². The average Bonchev–Trinajstić information content (AvgIpc) is 2.85. The van der Waals surface area contributed by atoms with E-state index in [9.17, 15) is 14.4 Å². The van der Waals surface area contributed by atoms with Crippen molar-refractivity contribution in [2.45, 2.75) is 13.0 Å². The van der Waals surface area contributed by atoms with Crippen LogP contribution < -0.4 is 16.2 Å². The van der Waals surface area contributed by atoms with E-state index in [1.807, 2.05) is 48.5 Å². The predicted octanol–water partition coefficient (Wildman–Crippen LogP) is 2.81. The van der Waals surface area contributed by atoms with E-state index < -0.39 is 11.7 Å². The Hall–Kier alpha value is -4.53. The molecule has 3 aromatic heterocycles. The maximum absolute atomic E-state index is 12.8. The second kappa shape index (κ2) is 10.2. The lowest BCUT2D eigenvalue weighted by atomic mass is 10.2. The van der Waals surface area contributed by atoms with E-state index >= 15 is 0 Å². The van der Waals surface area contributed by atoms with Gasteiger partial charge in [0.05, 0.1) is 11.8 Å². The highest BCUT2D eigenvalue weighted by atomic mass is 16.5. The van der Waals surface area contributed by atoms with E-state index in [0.29, 0.717) is 13.0 Å². The Kier molecular flexibility index (Phi) is 6.70. The summed E-state index contributed by atoms with van der Waals surface area (Å²) >= 11 is 0. The fourth-order valence-corrected chi connectivity index (χ4v) is 3.18. The van der Waals surface area contributed by atoms with Crippen molar-refractivity contribution in [3.63, 3.8) is 0 Å². The van der Waals surface area contributed by atoms with Gasteiger partial charge in [-0.3, -0.25) is 24.3 Å². The number of nitrogens with one attached hydrogen (secondary N) is 2. The predicted molar refractivity (Wildman–Crippen MR) is 122 cm³/mol. The zero-order chi connectivity index (χ0) is 23.0. The second-order valence-electron chi connectivity index (χ2n) is 7.11. The number of pyridine rings is 2. The number of fused-ring (bicyclic) bond motifs is 1. The SMILES string of the molecule is O=C(Nc1cnc2c(C(=O)NCCc3ccccn3)cccn2c1=O)OCc1ccccc1. The van der Waals surface area contributed by atoms with Gasteiger partial charge in [-0.05, 0) is 29.8 Å². The van der Waals surface area contributed by atoms with E-state index in [0.717, 1.165) is 11.3 Å². The Balaban J connectivity index is 1.44. The highest BCUT2D eigenvalue weighted by molar-refractivity contribution is 5.99. The van der Waals surface area contributed by atoms with Crippen molar-refractivity contribution in [2.75, 3.05) is 11.9 Å². The van der Waals surface area contributed by atoms with E-state index in [4.69, 9.17) is 4.74 Å². The Bertz CT molecular complexity index is 1320. The maximum Gasteiger partial charge on any atom is 0.412 e. The minimum Gasteiger partial charge on any atom is -0.444 e. The number of nitrogens with zero attached hydrogens (tertiary/aromatic N) is 3.